The van der Waals surface area contributed by atoms with Gasteiger partial charge in [-0.25, -0.2) is 0 Å². The molecule has 0 aromatic rings. The van der Waals surface area contributed by atoms with Crippen LogP contribution in [0.4, 0.5) is 0 Å². The molecule has 1 rings (SSSR count). The predicted molar refractivity (Wildman–Crippen MR) is 54.9 cm³/mol. The van der Waals surface area contributed by atoms with Crippen molar-refractivity contribution < 1.29 is 9.90 Å². The van der Waals surface area contributed by atoms with E-state index in [0.717, 1.165) is 32.4 Å². The van der Waals surface area contributed by atoms with Gasteiger partial charge in [0.15, 0.2) is 0 Å². The molecule has 14 heavy (non-hydrogen) atoms. The molecule has 1 heterocycles. The first kappa shape index (κ1) is 11.5. The van der Waals surface area contributed by atoms with Crippen LogP contribution in [0.5, 0.6) is 0 Å². The van der Waals surface area contributed by atoms with E-state index >= 15 is 0 Å². The lowest BCUT2D eigenvalue weighted by Crippen LogP contribution is -2.43. The fourth-order valence-corrected chi connectivity index (χ4v) is 2.10. The third-order valence-corrected chi connectivity index (χ3v) is 2.85. The zero-order chi connectivity index (χ0) is 10.4. The number of hydrogen-bond donors (Lipinski definition) is 3. The zero-order valence-corrected chi connectivity index (χ0v) is 8.81. The number of carbonyl (C=O) groups excluding carboxylic acids is 1. The molecule has 0 aromatic heterocycles. The van der Waals surface area contributed by atoms with Crippen molar-refractivity contribution in [2.75, 3.05) is 26.2 Å². The van der Waals surface area contributed by atoms with Gasteiger partial charge in [0.05, 0.1) is 12.0 Å². The minimum Gasteiger partial charge on any atom is -0.395 e. The van der Waals surface area contributed by atoms with Crippen LogP contribution >= 0.6 is 0 Å². The standard InChI is InChI=1S/C10H20N2O2/c1-2-3-10(4-5-11-8-10)9(14)12-6-7-13/h11,13H,2-8H2,1H3,(H,12,14). The molecule has 1 saturated heterocycles. The molecule has 4 nitrogen and oxygen atoms in total. The summed E-state index contributed by atoms with van der Waals surface area (Å²) < 4.78 is 0. The summed E-state index contributed by atoms with van der Waals surface area (Å²) in [5.74, 6) is 0.0957. The van der Waals surface area contributed by atoms with Crippen LogP contribution in [0.1, 0.15) is 26.2 Å². The van der Waals surface area contributed by atoms with Crippen molar-refractivity contribution in [3.63, 3.8) is 0 Å². The van der Waals surface area contributed by atoms with E-state index in [1.165, 1.54) is 0 Å². The van der Waals surface area contributed by atoms with Crippen molar-refractivity contribution >= 4 is 5.91 Å². The molecule has 1 amide bonds. The third kappa shape index (κ3) is 2.45. The van der Waals surface area contributed by atoms with Gasteiger partial charge < -0.3 is 15.7 Å². The molecule has 0 radical (unpaired) electrons. The predicted octanol–water partition coefficient (Wildman–Crippen LogP) is -0.125. The maximum Gasteiger partial charge on any atom is 0.227 e. The van der Waals surface area contributed by atoms with Crippen LogP contribution in [0.2, 0.25) is 0 Å². The van der Waals surface area contributed by atoms with Gasteiger partial charge in [0.25, 0.3) is 0 Å². The Morgan fingerprint density at radius 2 is 2.43 bits per heavy atom. The number of rotatable bonds is 5. The van der Waals surface area contributed by atoms with Gasteiger partial charge in [0.2, 0.25) is 5.91 Å². The Bertz CT molecular complexity index is 189. The van der Waals surface area contributed by atoms with Crippen molar-refractivity contribution in [3.8, 4) is 0 Å². The number of aliphatic hydroxyl groups is 1. The van der Waals surface area contributed by atoms with Crippen LogP contribution in [0, 0.1) is 5.41 Å². The van der Waals surface area contributed by atoms with Gasteiger partial charge in [-0.1, -0.05) is 13.3 Å². The molecule has 0 bridgehead atoms. The van der Waals surface area contributed by atoms with Crippen LogP contribution < -0.4 is 10.6 Å². The van der Waals surface area contributed by atoms with Crippen LogP contribution in [0.25, 0.3) is 0 Å². The van der Waals surface area contributed by atoms with Crippen molar-refractivity contribution in [1.29, 1.82) is 0 Å². The maximum atomic E-state index is 11.9. The average molecular weight is 200 g/mol. The lowest BCUT2D eigenvalue weighted by atomic mass is 9.81. The summed E-state index contributed by atoms with van der Waals surface area (Å²) in [5.41, 5.74) is -0.218. The fourth-order valence-electron chi connectivity index (χ4n) is 2.10. The summed E-state index contributed by atoms with van der Waals surface area (Å²) in [6.45, 7) is 4.18. The molecule has 1 aliphatic rings. The normalized spacial score (nSPS) is 26.4. The largest absolute Gasteiger partial charge is 0.395 e. The Morgan fingerprint density at radius 3 is 2.93 bits per heavy atom. The number of nitrogens with one attached hydrogen (secondary N) is 2. The fraction of sp³-hybridized carbons (Fsp3) is 0.900. The second-order valence-electron chi connectivity index (χ2n) is 3.94. The molecular formula is C10H20N2O2. The van der Waals surface area contributed by atoms with Gasteiger partial charge in [0.1, 0.15) is 0 Å². The molecule has 1 aliphatic heterocycles. The van der Waals surface area contributed by atoms with Gasteiger partial charge in [0, 0.05) is 13.1 Å². The topological polar surface area (TPSA) is 61.4 Å². The minimum absolute atomic E-state index is 0.0153. The van der Waals surface area contributed by atoms with E-state index in [0.29, 0.717) is 6.54 Å². The first-order valence-electron chi connectivity index (χ1n) is 5.35. The molecule has 0 aliphatic carbocycles. The van der Waals surface area contributed by atoms with Crippen molar-refractivity contribution in [2.45, 2.75) is 26.2 Å². The quantitative estimate of drug-likeness (QED) is 0.579. The summed E-state index contributed by atoms with van der Waals surface area (Å²) in [7, 11) is 0. The number of hydrogen-bond acceptors (Lipinski definition) is 3. The highest BCUT2D eigenvalue weighted by molar-refractivity contribution is 5.83. The monoisotopic (exact) mass is 200 g/mol. The molecule has 1 atom stereocenters. The highest BCUT2D eigenvalue weighted by Gasteiger charge is 2.39. The summed E-state index contributed by atoms with van der Waals surface area (Å²) in [6, 6.07) is 0. The SMILES string of the molecule is CCCC1(C(=O)NCCO)CCNC1. The summed E-state index contributed by atoms with van der Waals surface area (Å²) >= 11 is 0. The van der Waals surface area contributed by atoms with Gasteiger partial charge in [-0.2, -0.15) is 0 Å². The molecule has 1 unspecified atom stereocenters. The van der Waals surface area contributed by atoms with E-state index in [1.807, 2.05) is 0 Å². The summed E-state index contributed by atoms with van der Waals surface area (Å²) in [6.07, 6.45) is 2.86. The van der Waals surface area contributed by atoms with Crippen LogP contribution in [-0.2, 0) is 4.79 Å². The Labute approximate surface area is 85.1 Å². The number of aliphatic hydroxyl groups excluding tert-OH is 1. The van der Waals surface area contributed by atoms with Crippen LogP contribution in [0.15, 0.2) is 0 Å². The molecule has 0 aromatic carbocycles. The molecular weight excluding hydrogens is 180 g/mol. The first-order chi connectivity index (χ1) is 6.75. The molecule has 4 heteroatoms. The van der Waals surface area contributed by atoms with Crippen LogP contribution in [-0.4, -0.2) is 37.3 Å². The second-order valence-corrected chi connectivity index (χ2v) is 3.94. The van der Waals surface area contributed by atoms with Crippen LogP contribution in [0.3, 0.4) is 0 Å². The lowest BCUT2D eigenvalue weighted by molar-refractivity contribution is -0.130. The van der Waals surface area contributed by atoms with E-state index in [4.69, 9.17) is 5.11 Å². The second kappa shape index (κ2) is 5.32. The Hall–Kier alpha value is -0.610. The van der Waals surface area contributed by atoms with E-state index < -0.39 is 0 Å². The van der Waals surface area contributed by atoms with Crippen molar-refractivity contribution in [1.82, 2.24) is 10.6 Å². The molecule has 0 spiro atoms. The van der Waals surface area contributed by atoms with E-state index in [-0.39, 0.29) is 17.9 Å². The van der Waals surface area contributed by atoms with Gasteiger partial charge in [-0.3, -0.25) is 4.79 Å². The van der Waals surface area contributed by atoms with E-state index in [1.54, 1.807) is 0 Å². The van der Waals surface area contributed by atoms with Gasteiger partial charge in [-0.15, -0.1) is 0 Å². The molecule has 0 saturated carbocycles. The zero-order valence-electron chi connectivity index (χ0n) is 8.81. The van der Waals surface area contributed by atoms with E-state index in [2.05, 4.69) is 17.6 Å². The van der Waals surface area contributed by atoms with Gasteiger partial charge >= 0.3 is 0 Å². The number of carbonyl (C=O) groups is 1. The smallest absolute Gasteiger partial charge is 0.227 e. The Morgan fingerprint density at radius 1 is 1.64 bits per heavy atom. The lowest BCUT2D eigenvalue weighted by Gasteiger charge is -2.26. The van der Waals surface area contributed by atoms with E-state index in [9.17, 15) is 4.79 Å². The van der Waals surface area contributed by atoms with Crippen molar-refractivity contribution in [2.24, 2.45) is 5.41 Å². The molecule has 82 valence electrons. The highest BCUT2D eigenvalue weighted by atomic mass is 16.3. The Kier molecular flexibility index (Phi) is 4.35. The molecule has 1 fully saturated rings. The average Bonchev–Trinajstić information content (AvgIpc) is 2.64. The maximum absolute atomic E-state index is 11.9. The van der Waals surface area contributed by atoms with Crippen molar-refractivity contribution in [3.05, 3.63) is 0 Å². The minimum atomic E-state index is -0.218. The first-order valence-corrected chi connectivity index (χ1v) is 5.35. The number of amides is 1. The highest BCUT2D eigenvalue weighted by Crippen LogP contribution is 2.31. The molecule has 3 N–H and O–H groups in total. The third-order valence-electron chi connectivity index (χ3n) is 2.85. The van der Waals surface area contributed by atoms with Gasteiger partial charge in [-0.05, 0) is 19.4 Å². The Balaban J connectivity index is 2.52. The summed E-state index contributed by atoms with van der Waals surface area (Å²) in [4.78, 5) is 11.9. The summed E-state index contributed by atoms with van der Waals surface area (Å²) in [5, 5.41) is 14.6.